The lowest BCUT2D eigenvalue weighted by atomic mass is 10.6. The summed E-state index contributed by atoms with van der Waals surface area (Å²) in [5.74, 6) is 0. The molecule has 0 aromatic heterocycles. The van der Waals surface area contributed by atoms with Gasteiger partial charge in [0.25, 0.3) is 10.1 Å². The van der Waals surface area contributed by atoms with Crippen LogP contribution in [0.4, 0.5) is 0 Å². The van der Waals surface area contributed by atoms with Crippen molar-refractivity contribution in [2.45, 2.75) is 17.5 Å². The van der Waals surface area contributed by atoms with Gasteiger partial charge in [-0.2, -0.15) is 8.42 Å². The van der Waals surface area contributed by atoms with Crippen LogP contribution in [-0.4, -0.2) is 17.1 Å². The Hall–Kier alpha value is 0.390. The number of hydrogen-bond acceptors (Lipinski definition) is 2. The highest BCUT2D eigenvalue weighted by Crippen LogP contribution is 2.09. The highest BCUT2D eigenvalue weighted by molar-refractivity contribution is 9.11. The molecule has 1 unspecified atom stereocenters. The van der Waals surface area contributed by atoms with E-state index in [-0.39, 0.29) is 0 Å². The SMILES string of the molecule is CCC(Br)S(=O)(=O)O. The maximum Gasteiger partial charge on any atom is 0.277 e. The first kappa shape index (κ1) is 8.39. The Kier molecular flexibility index (Phi) is 2.93. The van der Waals surface area contributed by atoms with Gasteiger partial charge in [0.2, 0.25) is 0 Å². The molecule has 1 N–H and O–H groups in total. The molecule has 0 radical (unpaired) electrons. The van der Waals surface area contributed by atoms with Gasteiger partial charge < -0.3 is 0 Å². The molecule has 0 spiro atoms. The fourth-order valence-corrected chi connectivity index (χ4v) is 0.632. The quantitative estimate of drug-likeness (QED) is 0.538. The fraction of sp³-hybridized carbons (Fsp3) is 1.00. The molecule has 0 amide bonds. The Bertz CT molecular complexity index is 150. The van der Waals surface area contributed by atoms with Crippen molar-refractivity contribution in [1.29, 1.82) is 0 Å². The van der Waals surface area contributed by atoms with Gasteiger partial charge in [-0.3, -0.25) is 4.55 Å². The minimum atomic E-state index is -3.84. The molecule has 0 aliphatic heterocycles. The second kappa shape index (κ2) is 2.80. The van der Waals surface area contributed by atoms with Crippen molar-refractivity contribution in [3.63, 3.8) is 0 Å². The Morgan fingerprint density at radius 2 is 2.12 bits per heavy atom. The molecule has 8 heavy (non-hydrogen) atoms. The molecule has 5 heteroatoms. The standard InChI is InChI=1S/C3H7BrO3S/c1-2-3(4)8(5,6)7/h3H,2H2,1H3,(H,5,6,7). The predicted molar refractivity (Wildman–Crippen MR) is 34.6 cm³/mol. The van der Waals surface area contributed by atoms with Crippen molar-refractivity contribution in [2.75, 3.05) is 0 Å². The molecule has 0 rings (SSSR count). The van der Waals surface area contributed by atoms with E-state index in [0.29, 0.717) is 6.42 Å². The Morgan fingerprint density at radius 1 is 1.75 bits per heavy atom. The van der Waals surface area contributed by atoms with E-state index < -0.39 is 14.3 Å². The molecule has 3 nitrogen and oxygen atoms in total. The summed E-state index contributed by atoms with van der Waals surface area (Å²) < 4.78 is 27.5. The summed E-state index contributed by atoms with van der Waals surface area (Å²) in [7, 11) is -3.84. The first-order valence-corrected chi connectivity index (χ1v) is 4.50. The van der Waals surface area contributed by atoms with Crippen LogP contribution in [0.25, 0.3) is 0 Å². The van der Waals surface area contributed by atoms with E-state index >= 15 is 0 Å². The number of rotatable bonds is 2. The van der Waals surface area contributed by atoms with Crippen molar-refractivity contribution in [2.24, 2.45) is 0 Å². The summed E-state index contributed by atoms with van der Waals surface area (Å²) >= 11 is 2.76. The fourth-order valence-electron chi connectivity index (χ4n) is 0.211. The molecular weight excluding hydrogens is 196 g/mol. The molecule has 50 valence electrons. The Balaban J connectivity index is 4.04. The minimum Gasteiger partial charge on any atom is -0.285 e. The van der Waals surface area contributed by atoms with Gasteiger partial charge in [0.05, 0.1) is 0 Å². The molecular formula is C3H7BrO3S. The summed E-state index contributed by atoms with van der Waals surface area (Å²) in [5.41, 5.74) is 0. The Morgan fingerprint density at radius 3 is 2.12 bits per heavy atom. The maximum absolute atomic E-state index is 10.1. The molecule has 0 saturated heterocycles. The van der Waals surface area contributed by atoms with Gasteiger partial charge >= 0.3 is 0 Å². The highest BCUT2D eigenvalue weighted by Gasteiger charge is 2.15. The molecule has 0 aliphatic carbocycles. The second-order valence-electron chi connectivity index (χ2n) is 1.33. The highest BCUT2D eigenvalue weighted by atomic mass is 79.9. The second-order valence-corrected chi connectivity index (χ2v) is 4.64. The van der Waals surface area contributed by atoms with E-state index in [1.54, 1.807) is 6.92 Å². The zero-order valence-corrected chi connectivity index (χ0v) is 6.74. The topological polar surface area (TPSA) is 54.4 Å². The zero-order chi connectivity index (χ0) is 6.78. The van der Waals surface area contributed by atoms with Crippen LogP contribution in [0.2, 0.25) is 0 Å². The first-order chi connectivity index (χ1) is 3.48. The van der Waals surface area contributed by atoms with Gasteiger partial charge in [0.1, 0.15) is 4.16 Å². The lowest BCUT2D eigenvalue weighted by Crippen LogP contribution is -2.11. The van der Waals surface area contributed by atoms with E-state index in [9.17, 15) is 8.42 Å². The van der Waals surface area contributed by atoms with Gasteiger partial charge in [-0.15, -0.1) is 0 Å². The molecule has 0 aromatic carbocycles. The molecule has 0 aromatic rings. The van der Waals surface area contributed by atoms with E-state index in [2.05, 4.69) is 15.9 Å². The molecule has 0 fully saturated rings. The molecule has 0 heterocycles. The van der Waals surface area contributed by atoms with Crippen LogP contribution in [0.5, 0.6) is 0 Å². The summed E-state index contributed by atoms with van der Waals surface area (Å²) in [6, 6.07) is 0. The summed E-state index contributed by atoms with van der Waals surface area (Å²) in [6.07, 6.45) is 0.374. The van der Waals surface area contributed by atoms with Gasteiger partial charge in [0.15, 0.2) is 0 Å². The minimum absolute atomic E-state index is 0.374. The smallest absolute Gasteiger partial charge is 0.277 e. The zero-order valence-electron chi connectivity index (χ0n) is 4.33. The van der Waals surface area contributed by atoms with Crippen molar-refractivity contribution in [3.05, 3.63) is 0 Å². The lowest BCUT2D eigenvalue weighted by molar-refractivity contribution is 0.479. The first-order valence-electron chi connectivity index (χ1n) is 2.09. The molecule has 0 aliphatic rings. The van der Waals surface area contributed by atoms with Crippen LogP contribution in [0, 0.1) is 0 Å². The number of hydrogen-bond donors (Lipinski definition) is 1. The van der Waals surface area contributed by atoms with Crippen molar-refractivity contribution in [1.82, 2.24) is 0 Å². The third-order valence-electron chi connectivity index (χ3n) is 0.644. The lowest BCUT2D eigenvalue weighted by Gasteiger charge is -1.98. The van der Waals surface area contributed by atoms with Gasteiger partial charge in [0, 0.05) is 0 Å². The predicted octanol–water partition coefficient (Wildman–Crippen LogP) is 1.01. The van der Waals surface area contributed by atoms with Gasteiger partial charge in [-0.25, -0.2) is 0 Å². The third-order valence-corrected chi connectivity index (χ3v) is 3.69. The largest absolute Gasteiger partial charge is 0.285 e. The van der Waals surface area contributed by atoms with Crippen LogP contribution in [-0.2, 0) is 10.1 Å². The number of halogens is 1. The summed E-state index contributed by atoms with van der Waals surface area (Å²) in [6.45, 7) is 1.66. The van der Waals surface area contributed by atoms with Gasteiger partial charge in [-0.05, 0) is 6.42 Å². The van der Waals surface area contributed by atoms with Crippen LogP contribution < -0.4 is 0 Å². The summed E-state index contributed by atoms with van der Waals surface area (Å²) in [4.78, 5) is 0. The average molecular weight is 203 g/mol. The van der Waals surface area contributed by atoms with E-state index in [1.165, 1.54) is 0 Å². The van der Waals surface area contributed by atoms with E-state index in [1.807, 2.05) is 0 Å². The van der Waals surface area contributed by atoms with Crippen LogP contribution in [0.1, 0.15) is 13.3 Å². The van der Waals surface area contributed by atoms with Gasteiger partial charge in [-0.1, -0.05) is 22.9 Å². The number of alkyl halides is 1. The van der Waals surface area contributed by atoms with E-state index in [0.717, 1.165) is 0 Å². The Labute approximate surface area is 57.0 Å². The average Bonchev–Trinajstić information content (AvgIpc) is 1.62. The normalized spacial score (nSPS) is 15.9. The molecule has 0 bridgehead atoms. The molecule has 1 atom stereocenters. The van der Waals surface area contributed by atoms with Crippen LogP contribution >= 0.6 is 15.9 Å². The summed E-state index contributed by atoms with van der Waals surface area (Å²) in [5, 5.41) is 0. The maximum atomic E-state index is 10.1. The molecule has 0 saturated carbocycles. The monoisotopic (exact) mass is 202 g/mol. The van der Waals surface area contributed by atoms with Crippen LogP contribution in [0.15, 0.2) is 0 Å². The van der Waals surface area contributed by atoms with E-state index in [4.69, 9.17) is 4.55 Å². The van der Waals surface area contributed by atoms with Crippen molar-refractivity contribution in [3.8, 4) is 0 Å². The van der Waals surface area contributed by atoms with Crippen LogP contribution in [0.3, 0.4) is 0 Å². The van der Waals surface area contributed by atoms with Crippen molar-refractivity contribution < 1.29 is 13.0 Å². The van der Waals surface area contributed by atoms with Crippen molar-refractivity contribution >= 4 is 26.0 Å². The third kappa shape index (κ3) is 2.64.